The van der Waals surface area contributed by atoms with Crippen LogP contribution in [0.2, 0.25) is 0 Å². The number of nitrogens with zero attached hydrogens (tertiary/aromatic N) is 2. The van der Waals surface area contributed by atoms with Gasteiger partial charge in [-0.3, -0.25) is 4.79 Å². The van der Waals surface area contributed by atoms with E-state index in [0.29, 0.717) is 33.3 Å². The van der Waals surface area contributed by atoms with Gasteiger partial charge in [-0.2, -0.15) is 13.2 Å². The van der Waals surface area contributed by atoms with E-state index in [4.69, 9.17) is 5.73 Å². The van der Waals surface area contributed by atoms with Crippen LogP contribution >= 0.6 is 12.4 Å². The number of rotatable bonds is 5. The molecule has 3 rings (SSSR count). The highest BCUT2D eigenvalue weighted by Crippen LogP contribution is 2.38. The lowest BCUT2D eigenvalue weighted by molar-refractivity contribution is -0.137. The van der Waals surface area contributed by atoms with Gasteiger partial charge >= 0.3 is 6.18 Å². The first kappa shape index (κ1) is 25.4. The van der Waals surface area contributed by atoms with E-state index in [1.54, 1.807) is 49.9 Å². The summed E-state index contributed by atoms with van der Waals surface area (Å²) in [6.07, 6.45) is -3.25. The molecule has 0 aliphatic carbocycles. The van der Waals surface area contributed by atoms with Gasteiger partial charge in [-0.25, -0.2) is 4.39 Å². The fraction of sp³-hybridized carbons (Fsp3) is 0.261. The summed E-state index contributed by atoms with van der Waals surface area (Å²) in [7, 11) is 3.23. The monoisotopic (exact) mass is 469 g/mol. The summed E-state index contributed by atoms with van der Waals surface area (Å²) < 4.78 is 55.9. The minimum atomic E-state index is -4.50. The van der Waals surface area contributed by atoms with Crippen molar-refractivity contribution in [3.05, 3.63) is 71.2 Å². The molecule has 0 spiro atoms. The zero-order valence-electron chi connectivity index (χ0n) is 17.8. The van der Waals surface area contributed by atoms with Crippen LogP contribution in [0.4, 0.5) is 17.6 Å². The van der Waals surface area contributed by atoms with E-state index < -0.39 is 17.6 Å². The Kier molecular flexibility index (Phi) is 7.74. The second-order valence-corrected chi connectivity index (χ2v) is 7.44. The Balaban J connectivity index is 0.00000363. The van der Waals surface area contributed by atoms with E-state index in [-0.39, 0.29) is 31.4 Å². The maximum atomic E-state index is 14.3. The molecule has 0 atom stereocenters. The minimum absolute atomic E-state index is 0. The molecule has 3 aromatic rings. The van der Waals surface area contributed by atoms with Crippen LogP contribution < -0.4 is 5.73 Å². The van der Waals surface area contributed by atoms with E-state index in [1.807, 2.05) is 0 Å². The van der Waals surface area contributed by atoms with Crippen LogP contribution in [0.15, 0.2) is 54.4 Å². The molecule has 4 nitrogen and oxygen atoms in total. The number of aromatic nitrogens is 1. The second kappa shape index (κ2) is 9.75. The van der Waals surface area contributed by atoms with Gasteiger partial charge < -0.3 is 15.2 Å². The number of carbonyl (C=O) groups excluding carboxylic acids is 1. The highest BCUT2D eigenvalue weighted by Gasteiger charge is 2.31. The van der Waals surface area contributed by atoms with Gasteiger partial charge in [-0.1, -0.05) is 12.1 Å². The van der Waals surface area contributed by atoms with Crippen molar-refractivity contribution in [1.82, 2.24) is 9.47 Å². The molecular weight excluding hydrogens is 446 g/mol. The quantitative estimate of drug-likeness (QED) is 0.496. The summed E-state index contributed by atoms with van der Waals surface area (Å²) in [5.41, 5.74) is 7.07. The van der Waals surface area contributed by atoms with Gasteiger partial charge in [-0.15, -0.1) is 12.4 Å². The van der Waals surface area contributed by atoms with Gasteiger partial charge in [-0.05, 0) is 48.9 Å². The van der Waals surface area contributed by atoms with Crippen molar-refractivity contribution in [2.75, 3.05) is 20.6 Å². The third-order valence-electron chi connectivity index (χ3n) is 5.10. The van der Waals surface area contributed by atoms with Crippen LogP contribution in [0.3, 0.4) is 0 Å². The molecule has 2 aromatic carbocycles. The largest absolute Gasteiger partial charge is 0.416 e. The molecule has 0 saturated carbocycles. The normalized spacial score (nSPS) is 12.1. The summed E-state index contributed by atoms with van der Waals surface area (Å²) in [6.45, 7) is 1.64. The zero-order chi connectivity index (χ0) is 22.9. The summed E-state index contributed by atoms with van der Waals surface area (Å²) >= 11 is 0. The number of amides is 1. The van der Waals surface area contributed by atoms with E-state index in [2.05, 4.69) is 0 Å². The molecule has 2 N–H and O–H groups in total. The average Bonchev–Trinajstić information content (AvgIpc) is 2.97. The zero-order valence-corrected chi connectivity index (χ0v) is 18.6. The number of halogens is 5. The van der Waals surface area contributed by atoms with Crippen LogP contribution in [0.5, 0.6) is 0 Å². The number of benzene rings is 2. The van der Waals surface area contributed by atoms with E-state index >= 15 is 0 Å². The third-order valence-corrected chi connectivity index (χ3v) is 5.10. The highest BCUT2D eigenvalue weighted by atomic mass is 35.5. The Morgan fingerprint density at radius 2 is 1.84 bits per heavy atom. The molecule has 172 valence electrons. The molecule has 1 amide bonds. The maximum Gasteiger partial charge on any atom is 0.416 e. The predicted molar refractivity (Wildman–Crippen MR) is 121 cm³/mol. The maximum absolute atomic E-state index is 14.3. The molecule has 0 saturated heterocycles. The number of nitrogens with two attached hydrogens (primary N) is 1. The topological polar surface area (TPSA) is 51.3 Å². The molecule has 32 heavy (non-hydrogen) atoms. The van der Waals surface area contributed by atoms with Gasteiger partial charge in [0.1, 0.15) is 5.83 Å². The number of fused-ring (bicyclic) bond motifs is 1. The van der Waals surface area contributed by atoms with Gasteiger partial charge in [0.2, 0.25) is 0 Å². The Hall–Kier alpha value is -2.84. The number of allylic oxidation sites excluding steroid dienone is 1. The van der Waals surface area contributed by atoms with Crippen molar-refractivity contribution in [2.45, 2.75) is 19.6 Å². The molecule has 1 heterocycles. The molecule has 0 aliphatic rings. The third kappa shape index (κ3) is 4.97. The molecule has 0 unspecified atom stereocenters. The van der Waals surface area contributed by atoms with Gasteiger partial charge in [0, 0.05) is 48.4 Å². The van der Waals surface area contributed by atoms with Crippen molar-refractivity contribution in [3.63, 3.8) is 0 Å². The van der Waals surface area contributed by atoms with Crippen molar-refractivity contribution >= 4 is 29.2 Å². The molecule has 1 aromatic heterocycles. The first-order valence-corrected chi connectivity index (χ1v) is 9.61. The van der Waals surface area contributed by atoms with Gasteiger partial charge in [0.15, 0.2) is 0 Å². The Bertz CT molecular complexity index is 1170. The minimum Gasteiger partial charge on any atom is -0.345 e. The molecular formula is C23H24ClF4N3O. The Labute approximate surface area is 189 Å². The molecule has 0 bridgehead atoms. The lowest BCUT2D eigenvalue weighted by Gasteiger charge is -2.11. The smallest absolute Gasteiger partial charge is 0.345 e. The van der Waals surface area contributed by atoms with Crippen molar-refractivity contribution in [3.8, 4) is 11.1 Å². The van der Waals surface area contributed by atoms with Gasteiger partial charge in [0.05, 0.1) is 12.1 Å². The Morgan fingerprint density at radius 3 is 2.44 bits per heavy atom. The summed E-state index contributed by atoms with van der Waals surface area (Å²) in [5.74, 6) is -0.692. The molecule has 0 fully saturated rings. The van der Waals surface area contributed by atoms with Crippen LogP contribution in [0.25, 0.3) is 22.0 Å². The predicted octanol–water partition coefficient (Wildman–Crippen LogP) is 5.57. The van der Waals surface area contributed by atoms with Crippen LogP contribution in [-0.2, 0) is 12.7 Å². The SMILES string of the molecule is Cc1c(-c2cccc(C(F)(F)F)c2)c2cc(C(=O)N(C)C)ccc2n1C/C(F)=C/CN.Cl. The molecule has 0 aliphatic heterocycles. The van der Waals surface area contributed by atoms with Crippen LogP contribution in [-0.4, -0.2) is 36.0 Å². The summed E-state index contributed by atoms with van der Waals surface area (Å²) in [5, 5.41) is 0.574. The number of hydrogen-bond acceptors (Lipinski definition) is 2. The highest BCUT2D eigenvalue weighted by molar-refractivity contribution is 6.04. The van der Waals surface area contributed by atoms with E-state index in [9.17, 15) is 22.4 Å². The lowest BCUT2D eigenvalue weighted by Crippen LogP contribution is -2.21. The van der Waals surface area contributed by atoms with Crippen molar-refractivity contribution < 1.29 is 22.4 Å². The standard InChI is InChI=1S/C23H23F4N3O.ClH/c1-14-21(15-5-4-6-17(11-15)23(25,26)27)19-12-16(22(31)29(2)3)7-8-20(19)30(14)13-18(24)9-10-28;/h4-9,11-12H,10,13,28H2,1-3H3;1H/b18-9-;. The lowest BCUT2D eigenvalue weighted by atomic mass is 9.99. The van der Waals surface area contributed by atoms with Crippen molar-refractivity contribution in [2.24, 2.45) is 5.73 Å². The van der Waals surface area contributed by atoms with Crippen LogP contribution in [0, 0.1) is 6.92 Å². The number of carbonyl (C=O) groups is 1. The van der Waals surface area contributed by atoms with E-state index in [0.717, 1.165) is 12.1 Å². The summed E-state index contributed by atoms with van der Waals surface area (Å²) in [6, 6.07) is 9.94. The number of hydrogen-bond donors (Lipinski definition) is 1. The fourth-order valence-corrected chi connectivity index (χ4v) is 3.64. The Morgan fingerprint density at radius 1 is 1.16 bits per heavy atom. The fourth-order valence-electron chi connectivity index (χ4n) is 3.64. The van der Waals surface area contributed by atoms with E-state index in [1.165, 1.54) is 17.0 Å². The first-order valence-electron chi connectivity index (χ1n) is 9.61. The number of alkyl halides is 3. The van der Waals surface area contributed by atoms with Crippen molar-refractivity contribution in [1.29, 1.82) is 0 Å². The molecule has 9 heteroatoms. The van der Waals surface area contributed by atoms with Crippen LogP contribution in [0.1, 0.15) is 21.6 Å². The second-order valence-electron chi connectivity index (χ2n) is 7.44. The average molecular weight is 470 g/mol. The molecule has 0 radical (unpaired) electrons. The first-order chi connectivity index (χ1) is 14.5. The van der Waals surface area contributed by atoms with Gasteiger partial charge in [0.25, 0.3) is 5.91 Å². The summed E-state index contributed by atoms with van der Waals surface area (Å²) in [4.78, 5) is 13.9.